The topological polar surface area (TPSA) is 91.3 Å². The van der Waals surface area contributed by atoms with Crippen LogP contribution in [0, 0.1) is 12.3 Å². The van der Waals surface area contributed by atoms with Gasteiger partial charge in [0.1, 0.15) is 25.4 Å². The third-order valence-corrected chi connectivity index (χ3v) is 4.29. The molecule has 150 valence electrons. The van der Waals surface area contributed by atoms with Crippen LogP contribution in [0.5, 0.6) is 0 Å². The molecule has 1 heterocycles. The molecule has 0 bridgehead atoms. The smallest absolute Gasteiger partial charge is 0.338 e. The van der Waals surface area contributed by atoms with Crippen LogP contribution < -0.4 is 0 Å². The molecule has 3 rings (SSSR count). The van der Waals surface area contributed by atoms with Crippen molar-refractivity contribution >= 4 is 11.9 Å². The lowest BCUT2D eigenvalue weighted by Gasteiger charge is -2.22. The number of benzene rings is 2. The van der Waals surface area contributed by atoms with Crippen LogP contribution in [-0.4, -0.2) is 54.9 Å². The van der Waals surface area contributed by atoms with E-state index in [0.717, 1.165) is 0 Å². The van der Waals surface area contributed by atoms with Gasteiger partial charge in [-0.15, -0.1) is 6.42 Å². The number of terminal acetylenes is 1. The summed E-state index contributed by atoms with van der Waals surface area (Å²) in [5.41, 5.74) is 0.689. The average Bonchev–Trinajstić information content (AvgIpc) is 3.05. The van der Waals surface area contributed by atoms with Gasteiger partial charge in [-0.05, 0) is 24.3 Å². The molecule has 7 heteroatoms. The Balaban J connectivity index is 1.70. The van der Waals surface area contributed by atoms with Crippen molar-refractivity contribution in [1.82, 2.24) is 0 Å². The first-order valence-corrected chi connectivity index (χ1v) is 8.97. The molecule has 0 saturated carbocycles. The van der Waals surface area contributed by atoms with Crippen molar-refractivity contribution in [1.29, 1.82) is 0 Å². The number of hydrogen-bond acceptors (Lipinski definition) is 7. The fraction of sp³-hybridized carbons (Fsp3) is 0.273. The molecule has 7 nitrogen and oxygen atoms in total. The third-order valence-electron chi connectivity index (χ3n) is 4.29. The SMILES string of the molecule is C#CCO[C@H]1C(O)O[C@H](COC(=O)c2ccccc2)[C@H]1OC(=O)c1ccccc1. The molecule has 2 aromatic rings. The summed E-state index contributed by atoms with van der Waals surface area (Å²) in [6, 6.07) is 16.8. The molecule has 1 saturated heterocycles. The first-order valence-electron chi connectivity index (χ1n) is 8.97. The van der Waals surface area contributed by atoms with Crippen LogP contribution in [0.1, 0.15) is 20.7 Å². The van der Waals surface area contributed by atoms with Gasteiger partial charge in [0.05, 0.1) is 11.1 Å². The molecule has 1 aliphatic rings. The summed E-state index contributed by atoms with van der Waals surface area (Å²) in [4.78, 5) is 24.6. The van der Waals surface area contributed by atoms with Gasteiger partial charge < -0.3 is 24.1 Å². The molecule has 1 fully saturated rings. The summed E-state index contributed by atoms with van der Waals surface area (Å²) < 4.78 is 21.6. The van der Waals surface area contributed by atoms with E-state index in [1.54, 1.807) is 60.7 Å². The van der Waals surface area contributed by atoms with Crippen molar-refractivity contribution in [2.24, 2.45) is 0 Å². The fourth-order valence-electron chi connectivity index (χ4n) is 2.89. The van der Waals surface area contributed by atoms with E-state index in [1.807, 2.05) is 0 Å². The van der Waals surface area contributed by atoms with Gasteiger partial charge in [0.2, 0.25) is 0 Å². The predicted molar refractivity (Wildman–Crippen MR) is 102 cm³/mol. The van der Waals surface area contributed by atoms with E-state index in [4.69, 9.17) is 25.4 Å². The van der Waals surface area contributed by atoms with E-state index in [2.05, 4.69) is 5.92 Å². The van der Waals surface area contributed by atoms with E-state index in [-0.39, 0.29) is 13.2 Å². The molecule has 0 radical (unpaired) electrons. The monoisotopic (exact) mass is 396 g/mol. The van der Waals surface area contributed by atoms with Crippen molar-refractivity contribution in [3.05, 3.63) is 71.8 Å². The van der Waals surface area contributed by atoms with Crippen molar-refractivity contribution in [2.45, 2.75) is 24.6 Å². The zero-order valence-electron chi connectivity index (χ0n) is 15.5. The standard InChI is InChI=1S/C22H20O7/c1-2-13-26-19-18(29-21(24)16-11-7-4-8-12-16)17(28-22(19)25)14-27-20(23)15-9-5-3-6-10-15/h1,3-12,17-19,22,25H,13-14H2/t17-,18-,19-,22?/m1/s1. The second kappa shape index (κ2) is 9.85. The zero-order valence-corrected chi connectivity index (χ0v) is 15.5. The van der Waals surface area contributed by atoms with Gasteiger partial charge in [0, 0.05) is 0 Å². The minimum atomic E-state index is -1.39. The lowest BCUT2D eigenvalue weighted by atomic mass is 10.1. The van der Waals surface area contributed by atoms with Crippen molar-refractivity contribution in [3.63, 3.8) is 0 Å². The number of aliphatic hydroxyl groups excluding tert-OH is 1. The Morgan fingerprint density at radius 3 is 2.14 bits per heavy atom. The van der Waals surface area contributed by atoms with Gasteiger partial charge in [0.25, 0.3) is 0 Å². The lowest BCUT2D eigenvalue weighted by Crippen LogP contribution is -2.41. The second-order valence-corrected chi connectivity index (χ2v) is 6.25. The number of hydrogen-bond donors (Lipinski definition) is 1. The molecule has 1 aliphatic heterocycles. The quantitative estimate of drug-likeness (QED) is 0.564. The summed E-state index contributed by atoms with van der Waals surface area (Å²) >= 11 is 0. The highest BCUT2D eigenvalue weighted by Gasteiger charge is 2.48. The van der Waals surface area contributed by atoms with Crippen LogP contribution in [0.15, 0.2) is 60.7 Å². The summed E-state index contributed by atoms with van der Waals surface area (Å²) in [5, 5.41) is 10.2. The Labute approximate surface area is 168 Å². The van der Waals surface area contributed by atoms with E-state index in [0.29, 0.717) is 11.1 Å². The van der Waals surface area contributed by atoms with Crippen LogP contribution in [0.2, 0.25) is 0 Å². The summed E-state index contributed by atoms with van der Waals surface area (Å²) in [5.74, 6) is 1.10. The maximum atomic E-state index is 12.5. The number of aliphatic hydroxyl groups is 1. The number of ether oxygens (including phenoxy) is 4. The fourth-order valence-corrected chi connectivity index (χ4v) is 2.89. The van der Waals surface area contributed by atoms with Gasteiger partial charge in [0.15, 0.2) is 12.4 Å². The maximum absolute atomic E-state index is 12.5. The van der Waals surface area contributed by atoms with Crippen molar-refractivity contribution < 1.29 is 33.6 Å². The maximum Gasteiger partial charge on any atom is 0.338 e. The largest absolute Gasteiger partial charge is 0.459 e. The molecule has 4 atom stereocenters. The van der Waals surface area contributed by atoms with E-state index in [9.17, 15) is 14.7 Å². The van der Waals surface area contributed by atoms with E-state index >= 15 is 0 Å². The van der Waals surface area contributed by atoms with Gasteiger partial charge in [-0.1, -0.05) is 42.3 Å². The Morgan fingerprint density at radius 2 is 1.55 bits per heavy atom. The Kier molecular flexibility index (Phi) is 6.98. The van der Waals surface area contributed by atoms with Gasteiger partial charge >= 0.3 is 11.9 Å². The molecule has 29 heavy (non-hydrogen) atoms. The summed E-state index contributed by atoms with van der Waals surface area (Å²) in [6.45, 7) is -0.353. The van der Waals surface area contributed by atoms with Gasteiger partial charge in [-0.2, -0.15) is 0 Å². The molecule has 0 amide bonds. The zero-order chi connectivity index (χ0) is 20.6. The highest BCUT2D eigenvalue weighted by atomic mass is 16.7. The average molecular weight is 396 g/mol. The van der Waals surface area contributed by atoms with Crippen LogP contribution in [0.25, 0.3) is 0 Å². The second-order valence-electron chi connectivity index (χ2n) is 6.25. The molecule has 0 aliphatic carbocycles. The van der Waals surface area contributed by atoms with Gasteiger partial charge in [-0.3, -0.25) is 0 Å². The van der Waals surface area contributed by atoms with Crippen molar-refractivity contribution in [3.8, 4) is 12.3 Å². The molecule has 2 aromatic carbocycles. The third kappa shape index (κ3) is 5.21. The minimum Gasteiger partial charge on any atom is -0.459 e. The Bertz CT molecular complexity index is 860. The van der Waals surface area contributed by atoms with Crippen LogP contribution >= 0.6 is 0 Å². The Hall–Kier alpha value is -3.18. The number of carbonyl (C=O) groups is 2. The van der Waals surface area contributed by atoms with Crippen LogP contribution in [0.4, 0.5) is 0 Å². The van der Waals surface area contributed by atoms with Crippen molar-refractivity contribution in [2.75, 3.05) is 13.2 Å². The molecule has 0 spiro atoms. The molecular weight excluding hydrogens is 376 g/mol. The van der Waals surface area contributed by atoms with Gasteiger partial charge in [-0.25, -0.2) is 9.59 Å². The predicted octanol–water partition coefficient (Wildman–Crippen LogP) is 1.80. The molecule has 1 unspecified atom stereocenters. The first-order chi connectivity index (χ1) is 14.1. The number of carbonyl (C=O) groups excluding carboxylic acids is 2. The van der Waals surface area contributed by atoms with E-state index in [1.165, 1.54) is 0 Å². The summed E-state index contributed by atoms with van der Waals surface area (Å²) in [7, 11) is 0. The number of esters is 2. The van der Waals surface area contributed by atoms with Crippen LogP contribution in [0.3, 0.4) is 0 Å². The van der Waals surface area contributed by atoms with Crippen LogP contribution in [-0.2, 0) is 18.9 Å². The Morgan fingerprint density at radius 1 is 0.966 bits per heavy atom. The number of rotatable bonds is 7. The highest BCUT2D eigenvalue weighted by molar-refractivity contribution is 5.90. The molecule has 1 N–H and O–H groups in total. The highest BCUT2D eigenvalue weighted by Crippen LogP contribution is 2.27. The normalized spacial score (nSPS) is 23.2. The molecule has 0 aromatic heterocycles. The van der Waals surface area contributed by atoms with E-state index < -0.39 is 36.5 Å². The molecular formula is C22H20O7. The first kappa shape index (κ1) is 20.6. The summed E-state index contributed by atoms with van der Waals surface area (Å²) in [6.07, 6.45) is 0.865. The minimum absolute atomic E-state index is 0.110. The lowest BCUT2D eigenvalue weighted by molar-refractivity contribution is -0.143.